The van der Waals surface area contributed by atoms with Crippen molar-refractivity contribution < 1.29 is 4.79 Å². The van der Waals surface area contributed by atoms with Crippen molar-refractivity contribution in [1.29, 1.82) is 0 Å². The summed E-state index contributed by atoms with van der Waals surface area (Å²) in [5.41, 5.74) is 3.11. The van der Waals surface area contributed by atoms with Crippen LogP contribution in [0.1, 0.15) is 47.9 Å². The number of nitrogens with zero attached hydrogens (tertiary/aromatic N) is 3. The van der Waals surface area contributed by atoms with E-state index in [0.717, 1.165) is 38.6 Å². The second-order valence-corrected chi connectivity index (χ2v) is 4.83. The number of unbranched alkanes of at least 4 members (excludes halogenated alkanes) is 1. The second kappa shape index (κ2) is 4.90. The highest BCUT2D eigenvalue weighted by atomic mass is 16.2. The van der Waals surface area contributed by atoms with E-state index in [-0.39, 0.29) is 5.91 Å². The molecule has 17 heavy (non-hydrogen) atoms. The predicted molar refractivity (Wildman–Crippen MR) is 67.1 cm³/mol. The molecule has 0 aromatic carbocycles. The number of carbonyl (C=O) groups excluding carboxylic acids is 1. The largest absolute Gasteiger partial charge is 0.340 e. The highest BCUT2D eigenvalue weighted by molar-refractivity contribution is 5.94. The second-order valence-electron chi connectivity index (χ2n) is 4.83. The number of fused-ring (bicyclic) bond motifs is 1. The first-order valence-corrected chi connectivity index (χ1v) is 6.45. The summed E-state index contributed by atoms with van der Waals surface area (Å²) in [5.74, 6) is 0.0807. The standard InChI is InChI=1S/C13H21N3O/c1-4-5-9-15(2)13(17)12-10-7-6-8-11(10)16(3)14-12/h4-9H2,1-3H3. The van der Waals surface area contributed by atoms with Crippen LogP contribution < -0.4 is 0 Å². The van der Waals surface area contributed by atoms with Gasteiger partial charge in [-0.3, -0.25) is 9.48 Å². The van der Waals surface area contributed by atoms with E-state index in [1.165, 1.54) is 11.3 Å². The maximum atomic E-state index is 12.3. The molecule has 0 radical (unpaired) electrons. The Bertz CT molecular complexity index is 423. The number of amides is 1. The SMILES string of the molecule is CCCCN(C)C(=O)c1nn(C)c2c1CCC2. The van der Waals surface area contributed by atoms with Crippen LogP contribution in [0.4, 0.5) is 0 Å². The van der Waals surface area contributed by atoms with Crippen LogP contribution in [0.3, 0.4) is 0 Å². The molecule has 0 bridgehead atoms. The highest BCUT2D eigenvalue weighted by Gasteiger charge is 2.26. The molecule has 1 heterocycles. The van der Waals surface area contributed by atoms with Gasteiger partial charge in [-0.15, -0.1) is 0 Å². The van der Waals surface area contributed by atoms with Crippen molar-refractivity contribution in [2.75, 3.05) is 13.6 Å². The zero-order valence-electron chi connectivity index (χ0n) is 11.0. The molecule has 4 nitrogen and oxygen atoms in total. The van der Waals surface area contributed by atoms with Crippen LogP contribution >= 0.6 is 0 Å². The maximum absolute atomic E-state index is 12.3. The third-order valence-corrected chi connectivity index (χ3v) is 3.51. The number of hydrogen-bond donors (Lipinski definition) is 0. The molecule has 1 aliphatic rings. The van der Waals surface area contributed by atoms with E-state index in [1.807, 2.05) is 18.8 Å². The molecule has 0 unspecified atom stereocenters. The number of aromatic nitrogens is 2. The minimum absolute atomic E-state index is 0.0807. The van der Waals surface area contributed by atoms with Gasteiger partial charge < -0.3 is 4.90 Å². The molecular formula is C13H21N3O. The summed E-state index contributed by atoms with van der Waals surface area (Å²) in [6, 6.07) is 0. The van der Waals surface area contributed by atoms with Crippen LogP contribution in [-0.2, 0) is 19.9 Å². The highest BCUT2D eigenvalue weighted by Crippen LogP contribution is 2.25. The number of carbonyl (C=O) groups is 1. The molecule has 2 rings (SSSR count). The van der Waals surface area contributed by atoms with Gasteiger partial charge in [0.25, 0.3) is 5.91 Å². The van der Waals surface area contributed by atoms with Crippen molar-refractivity contribution >= 4 is 5.91 Å². The maximum Gasteiger partial charge on any atom is 0.274 e. The van der Waals surface area contributed by atoms with E-state index in [4.69, 9.17) is 0 Å². The predicted octanol–water partition coefficient (Wildman–Crippen LogP) is 1.78. The van der Waals surface area contributed by atoms with Crippen molar-refractivity contribution in [3.05, 3.63) is 17.0 Å². The first kappa shape index (κ1) is 12.1. The van der Waals surface area contributed by atoms with Crippen molar-refractivity contribution in [2.45, 2.75) is 39.0 Å². The van der Waals surface area contributed by atoms with Gasteiger partial charge in [-0.25, -0.2) is 0 Å². The Morgan fingerprint density at radius 3 is 2.94 bits per heavy atom. The van der Waals surface area contributed by atoms with Gasteiger partial charge >= 0.3 is 0 Å². The van der Waals surface area contributed by atoms with Crippen LogP contribution in [0.2, 0.25) is 0 Å². The average Bonchev–Trinajstić information content (AvgIpc) is 2.89. The molecule has 0 saturated carbocycles. The molecule has 1 aromatic heterocycles. The topological polar surface area (TPSA) is 38.1 Å². The van der Waals surface area contributed by atoms with E-state index < -0.39 is 0 Å². The molecule has 94 valence electrons. The summed E-state index contributed by atoms with van der Waals surface area (Å²) < 4.78 is 1.88. The summed E-state index contributed by atoms with van der Waals surface area (Å²) in [7, 11) is 3.81. The molecule has 4 heteroatoms. The molecule has 1 aliphatic carbocycles. The molecule has 0 atom stereocenters. The lowest BCUT2D eigenvalue weighted by molar-refractivity contribution is 0.0785. The van der Waals surface area contributed by atoms with Gasteiger partial charge in [0.15, 0.2) is 5.69 Å². The summed E-state index contributed by atoms with van der Waals surface area (Å²) in [6.07, 6.45) is 5.38. The van der Waals surface area contributed by atoms with Crippen molar-refractivity contribution in [3.63, 3.8) is 0 Å². The van der Waals surface area contributed by atoms with E-state index in [2.05, 4.69) is 12.0 Å². The van der Waals surface area contributed by atoms with E-state index >= 15 is 0 Å². The Hall–Kier alpha value is -1.32. The molecule has 0 spiro atoms. The van der Waals surface area contributed by atoms with Crippen LogP contribution in [0.5, 0.6) is 0 Å². The van der Waals surface area contributed by atoms with Crippen molar-refractivity contribution in [1.82, 2.24) is 14.7 Å². The van der Waals surface area contributed by atoms with Gasteiger partial charge in [-0.05, 0) is 25.7 Å². The fraction of sp³-hybridized carbons (Fsp3) is 0.692. The van der Waals surface area contributed by atoms with Crippen LogP contribution in [0.25, 0.3) is 0 Å². The number of aryl methyl sites for hydroxylation is 1. The van der Waals surface area contributed by atoms with Crippen LogP contribution in [-0.4, -0.2) is 34.2 Å². The van der Waals surface area contributed by atoms with Crippen LogP contribution in [0, 0.1) is 0 Å². The fourth-order valence-corrected chi connectivity index (χ4v) is 2.46. The average molecular weight is 235 g/mol. The Labute approximate surface area is 103 Å². The van der Waals surface area contributed by atoms with Crippen molar-refractivity contribution in [2.24, 2.45) is 7.05 Å². The Morgan fingerprint density at radius 1 is 1.47 bits per heavy atom. The first-order chi connectivity index (χ1) is 8.15. The number of rotatable bonds is 4. The smallest absolute Gasteiger partial charge is 0.274 e. The molecule has 1 aromatic rings. The summed E-state index contributed by atoms with van der Waals surface area (Å²) in [4.78, 5) is 14.1. The third-order valence-electron chi connectivity index (χ3n) is 3.51. The van der Waals surface area contributed by atoms with Gasteiger partial charge in [0, 0.05) is 31.9 Å². The van der Waals surface area contributed by atoms with Crippen LogP contribution in [0.15, 0.2) is 0 Å². The zero-order valence-corrected chi connectivity index (χ0v) is 11.0. The molecular weight excluding hydrogens is 214 g/mol. The molecule has 1 amide bonds. The lowest BCUT2D eigenvalue weighted by atomic mass is 10.2. The quantitative estimate of drug-likeness (QED) is 0.798. The van der Waals surface area contributed by atoms with Gasteiger partial charge in [0.1, 0.15) is 0 Å². The zero-order chi connectivity index (χ0) is 12.4. The molecule has 0 fully saturated rings. The van der Waals surface area contributed by atoms with Crippen molar-refractivity contribution in [3.8, 4) is 0 Å². The molecule has 0 aliphatic heterocycles. The third kappa shape index (κ3) is 2.21. The fourth-order valence-electron chi connectivity index (χ4n) is 2.46. The first-order valence-electron chi connectivity index (χ1n) is 6.45. The van der Waals surface area contributed by atoms with Gasteiger partial charge in [0.2, 0.25) is 0 Å². The van der Waals surface area contributed by atoms with E-state index in [9.17, 15) is 4.79 Å². The number of hydrogen-bond acceptors (Lipinski definition) is 2. The lowest BCUT2D eigenvalue weighted by Gasteiger charge is -2.15. The Balaban J connectivity index is 2.17. The van der Waals surface area contributed by atoms with Gasteiger partial charge in [-0.2, -0.15) is 5.10 Å². The molecule has 0 N–H and O–H groups in total. The minimum Gasteiger partial charge on any atom is -0.340 e. The normalized spacial score (nSPS) is 13.8. The van der Waals surface area contributed by atoms with E-state index in [1.54, 1.807) is 4.90 Å². The van der Waals surface area contributed by atoms with E-state index in [0.29, 0.717) is 5.69 Å². The minimum atomic E-state index is 0.0807. The summed E-state index contributed by atoms with van der Waals surface area (Å²) >= 11 is 0. The van der Waals surface area contributed by atoms with Gasteiger partial charge in [0.05, 0.1) is 0 Å². The summed E-state index contributed by atoms with van der Waals surface area (Å²) in [5, 5.41) is 4.39. The van der Waals surface area contributed by atoms with Gasteiger partial charge in [-0.1, -0.05) is 13.3 Å². The Kier molecular flexibility index (Phi) is 3.50. The monoisotopic (exact) mass is 235 g/mol. The molecule has 0 saturated heterocycles. The summed E-state index contributed by atoms with van der Waals surface area (Å²) in [6.45, 7) is 2.96. The lowest BCUT2D eigenvalue weighted by Crippen LogP contribution is -2.28. The Morgan fingerprint density at radius 2 is 2.24 bits per heavy atom.